The Hall–Kier alpha value is -1.89. The molecule has 1 aromatic carbocycles. The Balaban J connectivity index is 2.25. The van der Waals surface area contributed by atoms with E-state index >= 15 is 0 Å². The van der Waals surface area contributed by atoms with Crippen molar-refractivity contribution in [1.82, 2.24) is 25.5 Å². The van der Waals surface area contributed by atoms with Crippen LogP contribution in [0.4, 0.5) is 8.78 Å². The molecule has 0 saturated carbocycles. The second-order valence-corrected chi connectivity index (χ2v) is 3.78. The molecule has 0 spiro atoms. The van der Waals surface area contributed by atoms with Gasteiger partial charge in [0.25, 0.3) is 0 Å². The van der Waals surface area contributed by atoms with Crippen molar-refractivity contribution in [3.63, 3.8) is 0 Å². The smallest absolute Gasteiger partial charge is 0.170 e. The zero-order chi connectivity index (χ0) is 13.0. The van der Waals surface area contributed by atoms with Crippen LogP contribution in [0.5, 0.6) is 0 Å². The minimum absolute atomic E-state index is 0.134. The monoisotopic (exact) mass is 253 g/mol. The summed E-state index contributed by atoms with van der Waals surface area (Å²) in [6.07, 6.45) is 0.979. The summed E-state index contributed by atoms with van der Waals surface area (Å²) in [6, 6.07) is 3.29. The Morgan fingerprint density at radius 3 is 2.89 bits per heavy atom. The van der Waals surface area contributed by atoms with Crippen LogP contribution in [0, 0.1) is 11.6 Å². The van der Waals surface area contributed by atoms with Crippen molar-refractivity contribution in [3.8, 4) is 5.69 Å². The highest BCUT2D eigenvalue weighted by molar-refractivity contribution is 5.33. The number of nitrogens with one attached hydrogen (secondary N) is 1. The molecule has 96 valence electrons. The van der Waals surface area contributed by atoms with Gasteiger partial charge in [-0.3, -0.25) is 0 Å². The molecule has 0 amide bonds. The Bertz CT molecular complexity index is 526. The van der Waals surface area contributed by atoms with Gasteiger partial charge in [-0.15, -0.1) is 5.10 Å². The average Bonchev–Trinajstić information content (AvgIpc) is 2.78. The normalized spacial score (nSPS) is 10.8. The molecule has 0 unspecified atom stereocenters. The molecule has 0 fully saturated rings. The van der Waals surface area contributed by atoms with E-state index < -0.39 is 11.6 Å². The zero-order valence-electron chi connectivity index (χ0n) is 9.90. The maximum atomic E-state index is 13.6. The molecule has 7 heteroatoms. The summed E-state index contributed by atoms with van der Waals surface area (Å²) in [5.41, 5.74) is 0.134. The molecule has 0 aliphatic rings. The topological polar surface area (TPSA) is 55.6 Å². The van der Waals surface area contributed by atoms with Crippen LogP contribution in [-0.4, -0.2) is 26.8 Å². The van der Waals surface area contributed by atoms with Crippen LogP contribution in [0.3, 0.4) is 0 Å². The summed E-state index contributed by atoms with van der Waals surface area (Å²) in [7, 11) is 0. The van der Waals surface area contributed by atoms with Gasteiger partial charge < -0.3 is 5.32 Å². The quantitative estimate of drug-likeness (QED) is 0.819. The van der Waals surface area contributed by atoms with Gasteiger partial charge in [-0.25, -0.2) is 8.78 Å². The van der Waals surface area contributed by atoms with Crippen molar-refractivity contribution < 1.29 is 8.78 Å². The first kappa shape index (κ1) is 12.6. The van der Waals surface area contributed by atoms with Gasteiger partial charge in [0.05, 0.1) is 6.54 Å². The zero-order valence-corrected chi connectivity index (χ0v) is 9.90. The lowest BCUT2D eigenvalue weighted by molar-refractivity contribution is 0.564. The lowest BCUT2D eigenvalue weighted by atomic mass is 10.3. The third kappa shape index (κ3) is 2.67. The maximum absolute atomic E-state index is 13.6. The fourth-order valence-corrected chi connectivity index (χ4v) is 1.53. The predicted octanol–water partition coefficient (Wildman–Crippen LogP) is 1.44. The SMILES string of the molecule is CCCNCc1nnnn1-c1ccc(F)cc1F. The van der Waals surface area contributed by atoms with Gasteiger partial charge in [0.1, 0.15) is 11.5 Å². The highest BCUT2D eigenvalue weighted by Crippen LogP contribution is 2.14. The van der Waals surface area contributed by atoms with Gasteiger partial charge >= 0.3 is 0 Å². The number of rotatable bonds is 5. The van der Waals surface area contributed by atoms with Gasteiger partial charge in [-0.2, -0.15) is 4.68 Å². The van der Waals surface area contributed by atoms with Gasteiger partial charge in [-0.1, -0.05) is 6.92 Å². The van der Waals surface area contributed by atoms with Gasteiger partial charge in [-0.05, 0) is 35.5 Å². The Morgan fingerprint density at radius 1 is 1.33 bits per heavy atom. The van der Waals surface area contributed by atoms with E-state index in [1.165, 1.54) is 16.8 Å². The molecule has 0 bridgehead atoms. The first-order valence-corrected chi connectivity index (χ1v) is 5.65. The maximum Gasteiger partial charge on any atom is 0.170 e. The molecule has 0 saturated heterocycles. The highest BCUT2D eigenvalue weighted by Gasteiger charge is 2.12. The van der Waals surface area contributed by atoms with E-state index in [2.05, 4.69) is 20.8 Å². The Labute approximate surface area is 103 Å². The lowest BCUT2D eigenvalue weighted by Gasteiger charge is -2.06. The molecule has 18 heavy (non-hydrogen) atoms. The molecule has 1 heterocycles. The summed E-state index contributed by atoms with van der Waals surface area (Å²) in [5, 5.41) is 14.1. The summed E-state index contributed by atoms with van der Waals surface area (Å²) >= 11 is 0. The first-order chi connectivity index (χ1) is 8.72. The standard InChI is InChI=1S/C11H13F2N5/c1-2-5-14-7-11-15-16-17-18(11)10-4-3-8(12)6-9(10)13/h3-4,6,14H,2,5,7H2,1H3. The minimum Gasteiger partial charge on any atom is -0.310 e. The Morgan fingerprint density at radius 2 is 2.17 bits per heavy atom. The minimum atomic E-state index is -0.695. The number of aromatic nitrogens is 4. The molecular weight excluding hydrogens is 240 g/mol. The van der Waals surface area contributed by atoms with Crippen molar-refractivity contribution in [2.24, 2.45) is 0 Å². The molecule has 5 nitrogen and oxygen atoms in total. The molecule has 1 N–H and O–H groups in total. The predicted molar refractivity (Wildman–Crippen MR) is 61.1 cm³/mol. The largest absolute Gasteiger partial charge is 0.310 e. The second kappa shape index (κ2) is 5.63. The molecular formula is C11H13F2N5. The number of halogens is 2. The second-order valence-electron chi connectivity index (χ2n) is 3.78. The van der Waals surface area contributed by atoms with E-state index in [0.29, 0.717) is 12.4 Å². The van der Waals surface area contributed by atoms with Crippen LogP contribution in [0.25, 0.3) is 5.69 Å². The third-order valence-electron chi connectivity index (χ3n) is 2.38. The van der Waals surface area contributed by atoms with E-state index in [4.69, 9.17) is 0 Å². The van der Waals surface area contributed by atoms with E-state index in [1.54, 1.807) is 0 Å². The van der Waals surface area contributed by atoms with Crippen molar-refractivity contribution >= 4 is 0 Å². The van der Waals surface area contributed by atoms with Crippen molar-refractivity contribution in [3.05, 3.63) is 35.7 Å². The average molecular weight is 253 g/mol. The summed E-state index contributed by atoms with van der Waals surface area (Å²) in [4.78, 5) is 0. The highest BCUT2D eigenvalue weighted by atomic mass is 19.1. The summed E-state index contributed by atoms with van der Waals surface area (Å²) < 4.78 is 27.7. The van der Waals surface area contributed by atoms with Crippen LogP contribution in [-0.2, 0) is 6.54 Å². The van der Waals surface area contributed by atoms with E-state index in [1.807, 2.05) is 6.92 Å². The van der Waals surface area contributed by atoms with Crippen LogP contribution >= 0.6 is 0 Å². The van der Waals surface area contributed by atoms with Crippen LogP contribution in [0.1, 0.15) is 19.2 Å². The molecule has 0 aliphatic heterocycles. The molecule has 0 atom stereocenters. The first-order valence-electron chi connectivity index (χ1n) is 5.65. The van der Waals surface area contributed by atoms with E-state index in [-0.39, 0.29) is 5.69 Å². The Kier molecular flexibility index (Phi) is 3.93. The summed E-state index contributed by atoms with van der Waals surface area (Å²) in [6.45, 7) is 3.28. The van der Waals surface area contributed by atoms with Crippen LogP contribution in [0.2, 0.25) is 0 Å². The van der Waals surface area contributed by atoms with Gasteiger partial charge in [0.15, 0.2) is 11.6 Å². The van der Waals surface area contributed by atoms with Crippen LogP contribution in [0.15, 0.2) is 18.2 Å². The molecule has 0 radical (unpaired) electrons. The van der Waals surface area contributed by atoms with Gasteiger partial charge in [0, 0.05) is 6.07 Å². The molecule has 2 aromatic rings. The third-order valence-corrected chi connectivity index (χ3v) is 2.38. The number of benzene rings is 1. The number of tetrazole rings is 1. The van der Waals surface area contributed by atoms with Crippen molar-refractivity contribution in [1.29, 1.82) is 0 Å². The molecule has 1 aromatic heterocycles. The van der Waals surface area contributed by atoms with Crippen LogP contribution < -0.4 is 5.32 Å². The fourth-order valence-electron chi connectivity index (χ4n) is 1.53. The molecule has 2 rings (SSSR count). The number of hydrogen-bond acceptors (Lipinski definition) is 4. The lowest BCUT2D eigenvalue weighted by Crippen LogP contribution is -2.18. The summed E-state index contributed by atoms with van der Waals surface area (Å²) in [5.74, 6) is -0.844. The van der Waals surface area contributed by atoms with Crippen molar-refractivity contribution in [2.45, 2.75) is 19.9 Å². The fraction of sp³-hybridized carbons (Fsp3) is 0.364. The van der Waals surface area contributed by atoms with E-state index in [9.17, 15) is 8.78 Å². The number of nitrogens with zero attached hydrogens (tertiary/aromatic N) is 4. The van der Waals surface area contributed by atoms with Crippen molar-refractivity contribution in [2.75, 3.05) is 6.54 Å². The number of hydrogen-bond donors (Lipinski definition) is 1. The van der Waals surface area contributed by atoms with Gasteiger partial charge in [0.2, 0.25) is 0 Å². The molecule has 0 aliphatic carbocycles. The van der Waals surface area contributed by atoms with E-state index in [0.717, 1.165) is 19.0 Å².